The van der Waals surface area contributed by atoms with Crippen molar-refractivity contribution < 1.29 is 5.11 Å². The Labute approximate surface area is 78.0 Å². The van der Waals surface area contributed by atoms with Gasteiger partial charge in [-0.3, -0.25) is 0 Å². The Hall–Kier alpha value is -1.29. The average molecular weight is 181 g/mol. The highest BCUT2D eigenvalue weighted by molar-refractivity contribution is 5.47. The first kappa shape index (κ1) is 9.80. The van der Waals surface area contributed by atoms with E-state index in [0.717, 1.165) is 5.69 Å². The average Bonchev–Trinajstić information content (AvgIpc) is 2.17. The third-order valence-corrected chi connectivity index (χ3v) is 2.10. The number of nitrogens with zero attached hydrogens (tertiary/aromatic N) is 2. The van der Waals surface area contributed by atoms with Gasteiger partial charge in [0.05, 0.1) is 18.5 Å². The van der Waals surface area contributed by atoms with Crippen LogP contribution in [0.3, 0.4) is 0 Å². The molecule has 0 saturated heterocycles. The first-order valence-corrected chi connectivity index (χ1v) is 4.20. The Balaban J connectivity index is 2.77. The van der Waals surface area contributed by atoms with Crippen LogP contribution in [0.2, 0.25) is 0 Å². The van der Waals surface area contributed by atoms with Crippen LogP contribution in [0.1, 0.15) is 6.92 Å². The zero-order valence-electron chi connectivity index (χ0n) is 7.94. The molecule has 3 N–H and O–H groups in total. The summed E-state index contributed by atoms with van der Waals surface area (Å²) < 4.78 is 0. The van der Waals surface area contributed by atoms with Gasteiger partial charge in [0, 0.05) is 13.1 Å². The van der Waals surface area contributed by atoms with E-state index in [9.17, 15) is 0 Å². The Kier molecular flexibility index (Phi) is 3.08. The van der Waals surface area contributed by atoms with Gasteiger partial charge in [0.1, 0.15) is 5.82 Å². The molecule has 1 aromatic heterocycles. The number of rotatable bonds is 3. The van der Waals surface area contributed by atoms with E-state index in [0.29, 0.717) is 5.82 Å². The predicted molar refractivity (Wildman–Crippen MR) is 53.6 cm³/mol. The summed E-state index contributed by atoms with van der Waals surface area (Å²) in [6, 6.07) is 3.72. The molecule has 1 heterocycles. The van der Waals surface area contributed by atoms with E-state index in [1.807, 2.05) is 24.9 Å². The van der Waals surface area contributed by atoms with Gasteiger partial charge in [-0.1, -0.05) is 0 Å². The number of aromatic nitrogens is 1. The van der Waals surface area contributed by atoms with Crippen molar-refractivity contribution in [2.45, 2.75) is 13.0 Å². The third kappa shape index (κ3) is 2.32. The number of anilines is 2. The summed E-state index contributed by atoms with van der Waals surface area (Å²) >= 11 is 0. The summed E-state index contributed by atoms with van der Waals surface area (Å²) in [4.78, 5) is 5.92. The molecule has 1 aromatic rings. The van der Waals surface area contributed by atoms with Crippen LogP contribution in [0.5, 0.6) is 0 Å². The molecule has 0 fully saturated rings. The fraction of sp³-hybridized carbons (Fsp3) is 0.444. The Morgan fingerprint density at radius 3 is 2.77 bits per heavy atom. The molecule has 1 atom stereocenters. The molecule has 0 radical (unpaired) electrons. The molecule has 1 rings (SSSR count). The largest absolute Gasteiger partial charge is 0.394 e. The highest BCUT2D eigenvalue weighted by Gasteiger charge is 2.08. The van der Waals surface area contributed by atoms with Crippen molar-refractivity contribution >= 4 is 11.5 Å². The zero-order valence-corrected chi connectivity index (χ0v) is 7.94. The van der Waals surface area contributed by atoms with Crippen molar-refractivity contribution in [3.63, 3.8) is 0 Å². The van der Waals surface area contributed by atoms with Gasteiger partial charge in [-0.2, -0.15) is 0 Å². The van der Waals surface area contributed by atoms with Crippen LogP contribution in [0, 0.1) is 0 Å². The number of nitrogens with two attached hydrogens (primary N) is 1. The van der Waals surface area contributed by atoms with Crippen LogP contribution in [-0.2, 0) is 0 Å². The fourth-order valence-corrected chi connectivity index (χ4v) is 0.983. The second-order valence-corrected chi connectivity index (χ2v) is 3.08. The van der Waals surface area contributed by atoms with Gasteiger partial charge < -0.3 is 15.7 Å². The van der Waals surface area contributed by atoms with Gasteiger partial charge >= 0.3 is 0 Å². The highest BCUT2D eigenvalue weighted by atomic mass is 16.3. The summed E-state index contributed by atoms with van der Waals surface area (Å²) in [6.45, 7) is 2.07. The Morgan fingerprint density at radius 1 is 1.62 bits per heavy atom. The standard InChI is InChI=1S/C9H15N3O/c1-7(6-13)12(2)8-3-4-9(10)11-5-8/h3-5,7,13H,6H2,1-2H3,(H2,10,11). The summed E-state index contributed by atoms with van der Waals surface area (Å²) in [7, 11) is 1.91. The maximum Gasteiger partial charge on any atom is 0.123 e. The van der Waals surface area contributed by atoms with Gasteiger partial charge in [-0.05, 0) is 19.1 Å². The van der Waals surface area contributed by atoms with Crippen LogP contribution in [0.4, 0.5) is 11.5 Å². The van der Waals surface area contributed by atoms with E-state index < -0.39 is 0 Å². The first-order valence-electron chi connectivity index (χ1n) is 4.20. The van der Waals surface area contributed by atoms with Crippen molar-refractivity contribution in [3.05, 3.63) is 18.3 Å². The molecule has 72 valence electrons. The molecule has 13 heavy (non-hydrogen) atoms. The van der Waals surface area contributed by atoms with E-state index in [1.54, 1.807) is 12.3 Å². The molecule has 0 aromatic carbocycles. The van der Waals surface area contributed by atoms with Gasteiger partial charge in [-0.25, -0.2) is 4.98 Å². The van der Waals surface area contributed by atoms with E-state index in [2.05, 4.69) is 4.98 Å². The number of pyridine rings is 1. The SMILES string of the molecule is CC(CO)N(C)c1ccc(N)nc1. The lowest BCUT2D eigenvalue weighted by Crippen LogP contribution is -2.31. The van der Waals surface area contributed by atoms with Crippen LogP contribution < -0.4 is 10.6 Å². The summed E-state index contributed by atoms with van der Waals surface area (Å²) in [5.41, 5.74) is 6.41. The smallest absolute Gasteiger partial charge is 0.123 e. The second-order valence-electron chi connectivity index (χ2n) is 3.08. The van der Waals surface area contributed by atoms with Crippen molar-refractivity contribution in [1.29, 1.82) is 0 Å². The van der Waals surface area contributed by atoms with E-state index in [4.69, 9.17) is 10.8 Å². The minimum Gasteiger partial charge on any atom is -0.394 e. The minimum absolute atomic E-state index is 0.0884. The maximum absolute atomic E-state index is 8.93. The summed E-state index contributed by atoms with van der Waals surface area (Å²) in [6.07, 6.45) is 1.70. The summed E-state index contributed by atoms with van der Waals surface area (Å²) in [5, 5.41) is 8.93. The molecular formula is C9H15N3O. The lowest BCUT2D eigenvalue weighted by molar-refractivity contribution is 0.270. The van der Waals surface area contributed by atoms with Gasteiger partial charge in [0.2, 0.25) is 0 Å². The molecule has 0 aliphatic carbocycles. The Morgan fingerprint density at radius 2 is 2.31 bits per heavy atom. The van der Waals surface area contributed by atoms with Crippen molar-refractivity contribution in [2.75, 3.05) is 24.3 Å². The third-order valence-electron chi connectivity index (χ3n) is 2.10. The minimum atomic E-state index is 0.0884. The topological polar surface area (TPSA) is 62.4 Å². The zero-order chi connectivity index (χ0) is 9.84. The first-order chi connectivity index (χ1) is 6.15. The number of aliphatic hydroxyl groups is 1. The molecule has 0 saturated carbocycles. The molecular weight excluding hydrogens is 166 g/mol. The highest BCUT2D eigenvalue weighted by Crippen LogP contribution is 2.14. The van der Waals surface area contributed by atoms with Gasteiger partial charge in [-0.15, -0.1) is 0 Å². The van der Waals surface area contributed by atoms with Crippen LogP contribution in [-0.4, -0.2) is 29.8 Å². The molecule has 0 amide bonds. The molecule has 0 bridgehead atoms. The molecule has 0 aliphatic heterocycles. The second kappa shape index (κ2) is 4.09. The van der Waals surface area contributed by atoms with Crippen molar-refractivity contribution in [1.82, 2.24) is 4.98 Å². The lowest BCUT2D eigenvalue weighted by atomic mass is 10.3. The summed E-state index contributed by atoms with van der Waals surface area (Å²) in [5.74, 6) is 0.508. The number of hydrogen-bond acceptors (Lipinski definition) is 4. The van der Waals surface area contributed by atoms with Gasteiger partial charge in [0.25, 0.3) is 0 Å². The van der Waals surface area contributed by atoms with Gasteiger partial charge in [0.15, 0.2) is 0 Å². The number of hydrogen-bond donors (Lipinski definition) is 2. The molecule has 4 nitrogen and oxygen atoms in total. The number of likely N-dealkylation sites (N-methyl/N-ethyl adjacent to an activating group) is 1. The van der Waals surface area contributed by atoms with Crippen LogP contribution >= 0.6 is 0 Å². The molecule has 0 aliphatic rings. The van der Waals surface area contributed by atoms with Crippen molar-refractivity contribution in [2.24, 2.45) is 0 Å². The van der Waals surface area contributed by atoms with Crippen molar-refractivity contribution in [3.8, 4) is 0 Å². The van der Waals surface area contributed by atoms with E-state index >= 15 is 0 Å². The lowest BCUT2D eigenvalue weighted by Gasteiger charge is -2.24. The maximum atomic E-state index is 8.93. The number of aliphatic hydroxyl groups excluding tert-OH is 1. The Bertz CT molecular complexity index is 260. The number of nitrogen functional groups attached to an aromatic ring is 1. The predicted octanol–water partition coefficient (Wildman–Crippen LogP) is 0.481. The normalized spacial score (nSPS) is 12.5. The molecule has 4 heteroatoms. The van der Waals surface area contributed by atoms with E-state index in [-0.39, 0.29) is 12.6 Å². The molecule has 1 unspecified atom stereocenters. The van der Waals surface area contributed by atoms with Crippen LogP contribution in [0.25, 0.3) is 0 Å². The van der Waals surface area contributed by atoms with Crippen LogP contribution in [0.15, 0.2) is 18.3 Å². The fourth-order valence-electron chi connectivity index (χ4n) is 0.983. The quantitative estimate of drug-likeness (QED) is 0.712. The monoisotopic (exact) mass is 181 g/mol. The van der Waals surface area contributed by atoms with E-state index in [1.165, 1.54) is 0 Å². The molecule has 0 spiro atoms.